The maximum Gasteiger partial charge on any atom is 0.248 e. The van der Waals surface area contributed by atoms with E-state index in [-0.39, 0.29) is 5.91 Å². The molecule has 0 aliphatic heterocycles. The highest BCUT2D eigenvalue weighted by molar-refractivity contribution is 6.36. The van der Waals surface area contributed by atoms with Gasteiger partial charge in [0.1, 0.15) is 11.3 Å². The summed E-state index contributed by atoms with van der Waals surface area (Å²) in [7, 11) is 1.50. The van der Waals surface area contributed by atoms with Crippen molar-refractivity contribution < 1.29 is 13.9 Å². The maximum atomic E-state index is 12.5. The summed E-state index contributed by atoms with van der Waals surface area (Å²) < 4.78 is 11.3. The summed E-state index contributed by atoms with van der Waals surface area (Å²) in [5.74, 6) is 0.458. The van der Waals surface area contributed by atoms with Crippen molar-refractivity contribution >= 4 is 63.6 Å². The largest absolute Gasteiger partial charge is 0.495 e. The topological polar surface area (TPSA) is 64.4 Å². The third-order valence-corrected chi connectivity index (χ3v) is 5.77. The van der Waals surface area contributed by atoms with Crippen LogP contribution in [0.15, 0.2) is 53.0 Å². The molecule has 8 heteroatoms. The van der Waals surface area contributed by atoms with Gasteiger partial charge in [0.25, 0.3) is 0 Å². The molecular weight excluding hydrogens is 483 g/mol. The molecule has 3 aromatic carbocycles. The van der Waals surface area contributed by atoms with Gasteiger partial charge in [-0.1, -0.05) is 40.9 Å². The van der Waals surface area contributed by atoms with Crippen LogP contribution in [0.25, 0.3) is 28.6 Å². The fourth-order valence-electron chi connectivity index (χ4n) is 3.53. The molecule has 0 saturated carbocycles. The Kier molecular flexibility index (Phi) is 6.66. The zero-order valence-corrected chi connectivity index (χ0v) is 20.3. The molecular formula is C25H19Cl3N2O3. The van der Waals surface area contributed by atoms with Crippen LogP contribution in [0, 0.1) is 13.8 Å². The minimum atomic E-state index is -0.356. The van der Waals surface area contributed by atoms with Crippen molar-refractivity contribution in [3.05, 3.63) is 80.3 Å². The van der Waals surface area contributed by atoms with Gasteiger partial charge >= 0.3 is 0 Å². The second-order valence-electron chi connectivity index (χ2n) is 7.48. The van der Waals surface area contributed by atoms with E-state index in [0.29, 0.717) is 49.1 Å². The van der Waals surface area contributed by atoms with Crippen LogP contribution in [0.3, 0.4) is 0 Å². The van der Waals surface area contributed by atoms with Crippen LogP contribution in [0.4, 0.5) is 5.69 Å². The average molecular weight is 502 g/mol. The molecule has 0 fully saturated rings. The van der Waals surface area contributed by atoms with Crippen molar-refractivity contribution in [3.8, 4) is 17.2 Å². The number of hydrogen-bond acceptors (Lipinski definition) is 4. The van der Waals surface area contributed by atoms with Gasteiger partial charge in [-0.25, -0.2) is 4.98 Å². The number of rotatable bonds is 5. The summed E-state index contributed by atoms with van der Waals surface area (Å²) >= 11 is 18.6. The fraction of sp³-hybridized carbons (Fsp3) is 0.120. The van der Waals surface area contributed by atoms with Gasteiger partial charge in [0.05, 0.1) is 22.7 Å². The Morgan fingerprint density at radius 2 is 1.85 bits per heavy atom. The Labute approximate surface area is 205 Å². The second-order valence-corrected chi connectivity index (χ2v) is 8.73. The summed E-state index contributed by atoms with van der Waals surface area (Å²) in [5.41, 5.74) is 5.25. The molecule has 0 bridgehead atoms. The number of carbonyl (C=O) groups excluding carboxylic acids is 1. The van der Waals surface area contributed by atoms with Crippen molar-refractivity contribution in [1.29, 1.82) is 0 Å². The van der Waals surface area contributed by atoms with Gasteiger partial charge < -0.3 is 14.5 Å². The van der Waals surface area contributed by atoms with Gasteiger partial charge in [-0.15, -0.1) is 0 Å². The molecule has 0 unspecified atom stereocenters. The predicted octanol–water partition coefficient (Wildman–Crippen LogP) is 7.73. The van der Waals surface area contributed by atoms with Crippen LogP contribution in [0.5, 0.6) is 5.75 Å². The first-order valence-corrected chi connectivity index (χ1v) is 11.1. The molecule has 0 spiro atoms. The molecule has 0 aliphatic rings. The number of anilines is 1. The predicted molar refractivity (Wildman–Crippen MR) is 135 cm³/mol. The molecule has 1 aromatic heterocycles. The van der Waals surface area contributed by atoms with Gasteiger partial charge in [0, 0.05) is 22.3 Å². The number of amides is 1. The summed E-state index contributed by atoms with van der Waals surface area (Å²) in [4.78, 5) is 17.1. The summed E-state index contributed by atoms with van der Waals surface area (Å²) in [5, 5.41) is 4.07. The monoisotopic (exact) mass is 500 g/mol. The number of nitrogens with zero attached hydrogens (tertiary/aromatic N) is 1. The third kappa shape index (κ3) is 5.01. The van der Waals surface area contributed by atoms with E-state index in [9.17, 15) is 4.79 Å². The first-order chi connectivity index (χ1) is 15.7. The number of ether oxygens (including phenoxy) is 1. The van der Waals surface area contributed by atoms with E-state index >= 15 is 0 Å². The average Bonchev–Trinajstić information content (AvgIpc) is 3.17. The molecule has 0 aliphatic carbocycles. The Bertz CT molecular complexity index is 1410. The molecule has 4 aromatic rings. The molecule has 1 amide bonds. The minimum Gasteiger partial charge on any atom is -0.495 e. The zero-order valence-electron chi connectivity index (χ0n) is 18.0. The van der Waals surface area contributed by atoms with Gasteiger partial charge in [0.15, 0.2) is 5.58 Å². The van der Waals surface area contributed by atoms with Crippen LogP contribution < -0.4 is 10.1 Å². The minimum absolute atomic E-state index is 0.356. The zero-order chi connectivity index (χ0) is 23.7. The number of aromatic nitrogens is 1. The number of nitrogens with one attached hydrogen (secondary N) is 1. The molecule has 0 radical (unpaired) electrons. The van der Waals surface area contributed by atoms with Crippen LogP contribution in [-0.2, 0) is 4.79 Å². The second kappa shape index (κ2) is 9.48. The van der Waals surface area contributed by atoms with Crippen LogP contribution in [0.1, 0.15) is 16.7 Å². The molecule has 168 valence electrons. The number of aryl methyl sites for hydroxylation is 2. The van der Waals surface area contributed by atoms with Crippen molar-refractivity contribution in [2.75, 3.05) is 12.4 Å². The van der Waals surface area contributed by atoms with E-state index < -0.39 is 0 Å². The summed E-state index contributed by atoms with van der Waals surface area (Å²) in [6.07, 6.45) is 2.94. The Morgan fingerprint density at radius 1 is 1.06 bits per heavy atom. The van der Waals surface area contributed by atoms with Gasteiger partial charge in [-0.3, -0.25) is 4.79 Å². The van der Waals surface area contributed by atoms with Gasteiger partial charge in [-0.2, -0.15) is 0 Å². The highest BCUT2D eigenvalue weighted by Gasteiger charge is 2.15. The van der Waals surface area contributed by atoms with E-state index in [1.165, 1.54) is 13.2 Å². The molecule has 1 heterocycles. The van der Waals surface area contributed by atoms with E-state index in [1.807, 2.05) is 26.0 Å². The lowest BCUT2D eigenvalue weighted by Crippen LogP contribution is -2.07. The van der Waals surface area contributed by atoms with Crippen molar-refractivity contribution in [3.63, 3.8) is 0 Å². The first-order valence-electron chi connectivity index (χ1n) is 9.95. The quantitative estimate of drug-likeness (QED) is 0.284. The molecule has 5 nitrogen and oxygen atoms in total. The Morgan fingerprint density at radius 3 is 2.61 bits per heavy atom. The normalized spacial score (nSPS) is 11.3. The van der Waals surface area contributed by atoms with Crippen molar-refractivity contribution in [2.24, 2.45) is 0 Å². The van der Waals surface area contributed by atoms with Gasteiger partial charge in [0.2, 0.25) is 11.8 Å². The molecule has 33 heavy (non-hydrogen) atoms. The summed E-state index contributed by atoms with van der Waals surface area (Å²) in [6.45, 7) is 3.97. The van der Waals surface area contributed by atoms with E-state index in [1.54, 1.807) is 36.4 Å². The number of methoxy groups -OCH3 is 1. The number of carbonyl (C=O) groups is 1. The lowest BCUT2D eigenvalue weighted by atomic mass is 10.1. The smallest absolute Gasteiger partial charge is 0.248 e. The highest BCUT2D eigenvalue weighted by Crippen LogP contribution is 2.34. The molecule has 4 rings (SSSR count). The molecule has 0 saturated heterocycles. The first kappa shape index (κ1) is 23.2. The van der Waals surface area contributed by atoms with E-state index in [2.05, 4.69) is 10.3 Å². The van der Waals surface area contributed by atoms with Gasteiger partial charge in [-0.05, 0) is 67.4 Å². The number of fused-ring (bicyclic) bond motifs is 1. The lowest BCUT2D eigenvalue weighted by molar-refractivity contribution is -0.111. The number of benzene rings is 3. The van der Waals surface area contributed by atoms with E-state index in [4.69, 9.17) is 44.0 Å². The summed E-state index contributed by atoms with van der Waals surface area (Å²) in [6, 6.07) is 12.3. The van der Waals surface area contributed by atoms with Crippen molar-refractivity contribution in [2.45, 2.75) is 13.8 Å². The maximum absolute atomic E-state index is 12.5. The number of hydrogen-bond donors (Lipinski definition) is 1. The highest BCUT2D eigenvalue weighted by atomic mass is 35.5. The fourth-order valence-corrected chi connectivity index (χ4v) is 4.31. The van der Waals surface area contributed by atoms with Crippen LogP contribution >= 0.6 is 34.8 Å². The lowest BCUT2D eigenvalue weighted by Gasteiger charge is -2.08. The Balaban J connectivity index is 1.59. The van der Waals surface area contributed by atoms with Crippen LogP contribution in [-0.4, -0.2) is 18.0 Å². The number of halogens is 3. The molecule has 1 N–H and O–H groups in total. The van der Waals surface area contributed by atoms with Crippen molar-refractivity contribution in [1.82, 2.24) is 4.98 Å². The number of oxazole rings is 1. The Hall–Kier alpha value is -2.99. The van der Waals surface area contributed by atoms with E-state index in [0.717, 1.165) is 16.6 Å². The third-order valence-electron chi connectivity index (χ3n) is 4.94. The molecule has 0 atom stereocenters. The standard InChI is InChI=1S/C25H19Cl3N2O3/c1-13-8-14(2)23-21(9-13)30-25(33-23)18-12-17(5-6-19(18)27)29-22(31)7-4-15-10-16(26)11-20(28)24(15)32-3/h4-12H,1-3H3,(H,29,31). The SMILES string of the molecule is COc1c(Cl)cc(Cl)cc1C=CC(=O)Nc1ccc(Cl)c(-c2nc3cc(C)cc(C)c3o2)c1. The van der Waals surface area contributed by atoms with Crippen LogP contribution in [0.2, 0.25) is 15.1 Å².